The number of ether oxygens (including phenoxy) is 1. The molecule has 1 aliphatic heterocycles. The fraction of sp³-hybridized carbons (Fsp3) is 0.333. The smallest absolute Gasteiger partial charge is 0.258 e. The zero-order chi connectivity index (χ0) is 20.7. The number of amides is 1. The van der Waals surface area contributed by atoms with E-state index >= 15 is 0 Å². The summed E-state index contributed by atoms with van der Waals surface area (Å²) in [5.74, 6) is 0.579. The third-order valence-electron chi connectivity index (χ3n) is 5.97. The molecule has 1 fully saturated rings. The monoisotopic (exact) mass is 403 g/mol. The second-order valence-electron chi connectivity index (χ2n) is 8.17. The normalized spacial score (nSPS) is 20.6. The minimum atomic E-state index is -0.453. The Bertz CT molecular complexity index is 1070. The number of aliphatic hydroxyl groups is 1. The number of rotatable bonds is 5. The lowest BCUT2D eigenvalue weighted by molar-refractivity contribution is 0.0582. The molecule has 2 aliphatic rings. The largest absolute Gasteiger partial charge is 0.487 e. The molecule has 2 aromatic carbocycles. The maximum atomic E-state index is 13.1. The molecule has 1 aromatic heterocycles. The molecule has 5 rings (SSSR count). The second-order valence-corrected chi connectivity index (χ2v) is 8.17. The van der Waals surface area contributed by atoms with Crippen LogP contribution in [0.25, 0.3) is 5.69 Å². The van der Waals surface area contributed by atoms with E-state index < -0.39 is 6.10 Å². The summed E-state index contributed by atoms with van der Waals surface area (Å²) in [6.07, 6.45) is 3.80. The number of aromatic nitrogens is 2. The Morgan fingerprint density at radius 3 is 2.67 bits per heavy atom. The minimum Gasteiger partial charge on any atom is -0.487 e. The second kappa shape index (κ2) is 7.61. The molecule has 0 radical (unpaired) electrons. The minimum absolute atomic E-state index is 0.0140. The van der Waals surface area contributed by atoms with E-state index in [-0.39, 0.29) is 12.0 Å². The van der Waals surface area contributed by atoms with Crippen molar-refractivity contribution < 1.29 is 14.6 Å². The van der Waals surface area contributed by atoms with E-state index in [1.165, 1.54) is 0 Å². The molecule has 6 nitrogen and oxygen atoms in total. The SMILES string of the molecule is Cc1ccn(-c2ccc(CN3Cc4cccc(O[C@H]5CCC[C@@H]5O)c4C3=O)cc2)n1. The maximum Gasteiger partial charge on any atom is 0.258 e. The number of nitrogens with zero attached hydrogens (tertiary/aromatic N) is 3. The zero-order valence-corrected chi connectivity index (χ0v) is 17.0. The summed E-state index contributed by atoms with van der Waals surface area (Å²) in [5.41, 5.74) is 4.66. The highest BCUT2D eigenvalue weighted by atomic mass is 16.5. The maximum absolute atomic E-state index is 13.1. The standard InChI is InChI=1S/C24H25N3O3/c1-16-12-13-27(25-16)19-10-8-17(9-11-19)14-26-15-18-4-2-7-22(23(18)24(26)29)30-21-6-3-5-20(21)28/h2,4,7-13,20-21,28H,3,5-6,14-15H2,1H3/t20-,21-/m0/s1. The van der Waals surface area contributed by atoms with Crippen LogP contribution in [0.15, 0.2) is 54.7 Å². The molecule has 1 saturated carbocycles. The van der Waals surface area contributed by atoms with Crippen LogP contribution in [0.1, 0.15) is 46.4 Å². The Balaban J connectivity index is 1.31. The molecule has 1 N–H and O–H groups in total. The van der Waals surface area contributed by atoms with Gasteiger partial charge in [0.2, 0.25) is 0 Å². The summed E-state index contributed by atoms with van der Waals surface area (Å²) in [7, 11) is 0. The quantitative estimate of drug-likeness (QED) is 0.706. The topological polar surface area (TPSA) is 67.6 Å². The lowest BCUT2D eigenvalue weighted by Crippen LogP contribution is -2.27. The van der Waals surface area contributed by atoms with Crippen molar-refractivity contribution in [2.45, 2.75) is 51.5 Å². The molecule has 1 aliphatic carbocycles. The van der Waals surface area contributed by atoms with Gasteiger partial charge >= 0.3 is 0 Å². The summed E-state index contributed by atoms with van der Waals surface area (Å²) >= 11 is 0. The van der Waals surface area contributed by atoms with Crippen LogP contribution in [0, 0.1) is 6.92 Å². The third kappa shape index (κ3) is 3.48. The van der Waals surface area contributed by atoms with Gasteiger partial charge < -0.3 is 14.7 Å². The fourth-order valence-electron chi connectivity index (χ4n) is 4.35. The predicted octanol–water partition coefficient (Wildman–Crippen LogP) is 3.63. The number of aliphatic hydroxyl groups excluding tert-OH is 1. The van der Waals surface area contributed by atoms with E-state index in [2.05, 4.69) is 5.10 Å². The predicted molar refractivity (Wildman–Crippen MR) is 113 cm³/mol. The van der Waals surface area contributed by atoms with E-state index in [0.29, 0.717) is 24.4 Å². The Hall–Kier alpha value is -3.12. The Labute approximate surface area is 175 Å². The number of carbonyl (C=O) groups excluding carboxylic acids is 1. The molecule has 30 heavy (non-hydrogen) atoms. The number of hydrogen-bond donors (Lipinski definition) is 1. The summed E-state index contributed by atoms with van der Waals surface area (Å²) in [5, 5.41) is 14.5. The highest BCUT2D eigenvalue weighted by Gasteiger charge is 2.33. The van der Waals surface area contributed by atoms with Crippen molar-refractivity contribution in [3.63, 3.8) is 0 Å². The van der Waals surface area contributed by atoms with Crippen molar-refractivity contribution in [1.82, 2.24) is 14.7 Å². The molecule has 0 saturated heterocycles. The van der Waals surface area contributed by atoms with Gasteiger partial charge in [0, 0.05) is 19.3 Å². The van der Waals surface area contributed by atoms with Crippen LogP contribution in [-0.4, -0.2) is 37.9 Å². The summed E-state index contributed by atoms with van der Waals surface area (Å²) in [6, 6.07) is 15.8. The van der Waals surface area contributed by atoms with Crippen molar-refractivity contribution in [2.75, 3.05) is 0 Å². The Kier molecular flexibility index (Phi) is 4.79. The average Bonchev–Trinajstić information content (AvgIpc) is 3.44. The molecular formula is C24H25N3O3. The van der Waals surface area contributed by atoms with Crippen LogP contribution in [0.4, 0.5) is 0 Å². The molecule has 2 heterocycles. The molecule has 3 aromatic rings. The summed E-state index contributed by atoms with van der Waals surface area (Å²) < 4.78 is 7.90. The van der Waals surface area contributed by atoms with Crippen LogP contribution in [0.5, 0.6) is 5.75 Å². The van der Waals surface area contributed by atoms with Gasteiger partial charge in [-0.1, -0.05) is 24.3 Å². The van der Waals surface area contributed by atoms with Crippen LogP contribution in [-0.2, 0) is 13.1 Å². The molecule has 154 valence electrons. The van der Waals surface area contributed by atoms with E-state index in [4.69, 9.17) is 4.74 Å². The van der Waals surface area contributed by atoms with Gasteiger partial charge in [0.15, 0.2) is 0 Å². The Morgan fingerprint density at radius 2 is 1.97 bits per heavy atom. The van der Waals surface area contributed by atoms with Crippen LogP contribution < -0.4 is 4.74 Å². The molecule has 6 heteroatoms. The number of fused-ring (bicyclic) bond motifs is 1. The highest BCUT2D eigenvalue weighted by molar-refractivity contribution is 6.01. The first-order valence-electron chi connectivity index (χ1n) is 10.5. The summed E-state index contributed by atoms with van der Waals surface area (Å²) in [6.45, 7) is 3.07. The van der Waals surface area contributed by atoms with Crippen molar-refractivity contribution in [2.24, 2.45) is 0 Å². The number of carbonyl (C=O) groups is 1. The number of benzene rings is 2. The van der Waals surface area contributed by atoms with E-state index in [1.54, 1.807) is 0 Å². The lowest BCUT2D eigenvalue weighted by atomic mass is 10.1. The van der Waals surface area contributed by atoms with E-state index in [1.807, 2.05) is 71.2 Å². The van der Waals surface area contributed by atoms with Crippen molar-refractivity contribution in [3.8, 4) is 11.4 Å². The Morgan fingerprint density at radius 1 is 1.13 bits per heavy atom. The van der Waals surface area contributed by atoms with Crippen molar-refractivity contribution in [3.05, 3.63) is 77.1 Å². The number of hydrogen-bond acceptors (Lipinski definition) is 4. The van der Waals surface area contributed by atoms with Crippen LogP contribution in [0.3, 0.4) is 0 Å². The van der Waals surface area contributed by atoms with Gasteiger partial charge in [0.1, 0.15) is 11.9 Å². The van der Waals surface area contributed by atoms with E-state index in [9.17, 15) is 9.90 Å². The first kappa shape index (κ1) is 18.9. The van der Waals surface area contributed by atoms with Crippen molar-refractivity contribution in [1.29, 1.82) is 0 Å². The van der Waals surface area contributed by atoms with Crippen LogP contribution >= 0.6 is 0 Å². The van der Waals surface area contributed by atoms with Gasteiger partial charge in [0.05, 0.1) is 23.0 Å². The zero-order valence-electron chi connectivity index (χ0n) is 17.0. The molecule has 1 amide bonds. The van der Waals surface area contributed by atoms with Gasteiger partial charge in [-0.25, -0.2) is 4.68 Å². The van der Waals surface area contributed by atoms with Crippen molar-refractivity contribution >= 4 is 5.91 Å². The molecule has 2 atom stereocenters. The molecule has 0 unspecified atom stereocenters. The fourth-order valence-corrected chi connectivity index (χ4v) is 4.35. The van der Waals surface area contributed by atoms with Crippen LogP contribution in [0.2, 0.25) is 0 Å². The first-order chi connectivity index (χ1) is 14.6. The molecule has 0 spiro atoms. The third-order valence-corrected chi connectivity index (χ3v) is 5.97. The van der Waals surface area contributed by atoms with Gasteiger partial charge in [-0.15, -0.1) is 0 Å². The van der Waals surface area contributed by atoms with Gasteiger partial charge in [-0.05, 0) is 61.6 Å². The van der Waals surface area contributed by atoms with E-state index in [0.717, 1.165) is 41.8 Å². The first-order valence-corrected chi connectivity index (χ1v) is 10.5. The summed E-state index contributed by atoms with van der Waals surface area (Å²) in [4.78, 5) is 15.0. The highest BCUT2D eigenvalue weighted by Crippen LogP contribution is 2.34. The van der Waals surface area contributed by atoms with Gasteiger partial charge in [-0.2, -0.15) is 5.10 Å². The van der Waals surface area contributed by atoms with Gasteiger partial charge in [0.25, 0.3) is 5.91 Å². The average molecular weight is 403 g/mol. The molecule has 0 bridgehead atoms. The lowest BCUT2D eigenvalue weighted by Gasteiger charge is -2.19. The van der Waals surface area contributed by atoms with Gasteiger partial charge in [-0.3, -0.25) is 4.79 Å². The molecular weight excluding hydrogens is 378 g/mol. The number of aryl methyl sites for hydroxylation is 1.